The van der Waals surface area contributed by atoms with Crippen LogP contribution in [0, 0.1) is 20.8 Å². The van der Waals surface area contributed by atoms with Gasteiger partial charge in [-0.15, -0.1) is 0 Å². The second-order valence-corrected chi connectivity index (χ2v) is 3.65. The average molecular weight is 195 g/mol. The van der Waals surface area contributed by atoms with Gasteiger partial charge in [0.1, 0.15) is 5.75 Å². The van der Waals surface area contributed by atoms with E-state index in [9.17, 15) is 10.2 Å². The van der Waals surface area contributed by atoms with Crippen molar-refractivity contribution in [1.29, 1.82) is 0 Å². The van der Waals surface area contributed by atoms with E-state index in [1.165, 1.54) is 0 Å². The van der Waals surface area contributed by atoms with E-state index in [4.69, 9.17) is 5.73 Å². The first-order valence-electron chi connectivity index (χ1n) is 4.66. The summed E-state index contributed by atoms with van der Waals surface area (Å²) in [6.07, 6.45) is -0.693. The second kappa shape index (κ2) is 3.98. The number of aliphatic hydroxyl groups is 1. The molecule has 0 aliphatic carbocycles. The number of benzene rings is 1. The molecule has 0 aliphatic rings. The zero-order chi connectivity index (χ0) is 10.9. The van der Waals surface area contributed by atoms with Gasteiger partial charge in [-0.3, -0.25) is 0 Å². The number of phenols is 1. The van der Waals surface area contributed by atoms with Crippen molar-refractivity contribution in [2.75, 3.05) is 6.54 Å². The summed E-state index contributed by atoms with van der Waals surface area (Å²) >= 11 is 0. The molecule has 0 amide bonds. The summed E-state index contributed by atoms with van der Waals surface area (Å²) in [4.78, 5) is 0. The highest BCUT2D eigenvalue weighted by Crippen LogP contribution is 2.31. The minimum atomic E-state index is -0.693. The largest absolute Gasteiger partial charge is 0.507 e. The molecule has 1 atom stereocenters. The maximum Gasteiger partial charge on any atom is 0.121 e. The van der Waals surface area contributed by atoms with Gasteiger partial charge in [-0.1, -0.05) is 6.07 Å². The fraction of sp³-hybridized carbons (Fsp3) is 0.455. The number of hydrogen-bond donors (Lipinski definition) is 3. The smallest absolute Gasteiger partial charge is 0.121 e. The van der Waals surface area contributed by atoms with Gasteiger partial charge in [-0.2, -0.15) is 0 Å². The fourth-order valence-corrected chi connectivity index (χ4v) is 1.82. The van der Waals surface area contributed by atoms with Crippen molar-refractivity contribution in [1.82, 2.24) is 0 Å². The Morgan fingerprint density at radius 1 is 1.29 bits per heavy atom. The molecule has 4 N–H and O–H groups in total. The van der Waals surface area contributed by atoms with Crippen molar-refractivity contribution >= 4 is 0 Å². The summed E-state index contributed by atoms with van der Waals surface area (Å²) in [5.74, 6) is 0.248. The lowest BCUT2D eigenvalue weighted by molar-refractivity contribution is 0.184. The van der Waals surface area contributed by atoms with Crippen LogP contribution in [-0.2, 0) is 0 Å². The summed E-state index contributed by atoms with van der Waals surface area (Å²) in [7, 11) is 0. The Bertz CT molecular complexity index is 348. The van der Waals surface area contributed by atoms with E-state index in [-0.39, 0.29) is 12.3 Å². The maximum absolute atomic E-state index is 9.70. The molecule has 0 aromatic heterocycles. The number of aliphatic hydroxyl groups excluding tert-OH is 1. The van der Waals surface area contributed by atoms with Crippen LogP contribution >= 0.6 is 0 Å². The monoisotopic (exact) mass is 195 g/mol. The van der Waals surface area contributed by atoms with Gasteiger partial charge in [-0.25, -0.2) is 0 Å². The number of aryl methyl sites for hydroxylation is 2. The maximum atomic E-state index is 9.70. The summed E-state index contributed by atoms with van der Waals surface area (Å²) in [6.45, 7) is 5.72. The van der Waals surface area contributed by atoms with Crippen LogP contribution in [0.1, 0.15) is 28.4 Å². The van der Waals surface area contributed by atoms with Crippen LogP contribution in [0.2, 0.25) is 0 Å². The lowest BCUT2D eigenvalue weighted by Crippen LogP contribution is -2.14. The van der Waals surface area contributed by atoms with E-state index in [1.54, 1.807) is 6.92 Å². The highest BCUT2D eigenvalue weighted by atomic mass is 16.3. The van der Waals surface area contributed by atoms with E-state index in [0.29, 0.717) is 0 Å². The van der Waals surface area contributed by atoms with Crippen LogP contribution in [-0.4, -0.2) is 16.8 Å². The molecule has 0 radical (unpaired) electrons. The quantitative estimate of drug-likeness (QED) is 0.666. The van der Waals surface area contributed by atoms with Crippen LogP contribution in [0.3, 0.4) is 0 Å². The molecule has 14 heavy (non-hydrogen) atoms. The predicted molar refractivity (Wildman–Crippen MR) is 56.3 cm³/mol. The van der Waals surface area contributed by atoms with Crippen molar-refractivity contribution < 1.29 is 10.2 Å². The van der Waals surface area contributed by atoms with E-state index >= 15 is 0 Å². The Morgan fingerprint density at radius 3 is 2.36 bits per heavy atom. The molecule has 0 fully saturated rings. The second-order valence-electron chi connectivity index (χ2n) is 3.65. The highest BCUT2D eigenvalue weighted by molar-refractivity contribution is 5.49. The van der Waals surface area contributed by atoms with Gasteiger partial charge in [-0.05, 0) is 43.0 Å². The van der Waals surface area contributed by atoms with Gasteiger partial charge < -0.3 is 15.9 Å². The molecule has 0 saturated heterocycles. The molecule has 0 bridgehead atoms. The van der Waals surface area contributed by atoms with Crippen molar-refractivity contribution in [3.8, 4) is 5.75 Å². The van der Waals surface area contributed by atoms with Crippen molar-refractivity contribution in [3.63, 3.8) is 0 Å². The molecular weight excluding hydrogens is 178 g/mol. The molecule has 1 aromatic rings. The lowest BCUT2D eigenvalue weighted by Gasteiger charge is -2.17. The Kier molecular flexibility index (Phi) is 3.13. The number of phenolic OH excluding ortho intramolecular Hbond substituents is 1. The fourth-order valence-electron chi connectivity index (χ4n) is 1.82. The number of rotatable bonds is 2. The minimum Gasteiger partial charge on any atom is -0.507 e. The first-order valence-corrected chi connectivity index (χ1v) is 4.66. The number of nitrogens with two attached hydrogens (primary N) is 1. The van der Waals surface area contributed by atoms with Gasteiger partial charge >= 0.3 is 0 Å². The Hall–Kier alpha value is -1.06. The summed E-state index contributed by atoms with van der Waals surface area (Å²) in [6, 6.07) is 1.86. The molecule has 0 heterocycles. The van der Waals surface area contributed by atoms with Gasteiger partial charge in [0.25, 0.3) is 0 Å². The van der Waals surface area contributed by atoms with Gasteiger partial charge in [0.2, 0.25) is 0 Å². The molecule has 0 aliphatic heterocycles. The molecule has 0 saturated carbocycles. The van der Waals surface area contributed by atoms with Crippen LogP contribution in [0.5, 0.6) is 5.75 Å². The Balaban J connectivity index is 3.36. The molecule has 1 aromatic carbocycles. The topological polar surface area (TPSA) is 66.5 Å². The zero-order valence-electron chi connectivity index (χ0n) is 8.83. The van der Waals surface area contributed by atoms with Gasteiger partial charge in [0, 0.05) is 6.54 Å². The molecule has 78 valence electrons. The van der Waals surface area contributed by atoms with E-state index in [1.807, 2.05) is 19.9 Å². The van der Waals surface area contributed by atoms with Crippen molar-refractivity contribution in [3.05, 3.63) is 28.3 Å². The average Bonchev–Trinajstić information content (AvgIpc) is 2.14. The third-order valence-electron chi connectivity index (χ3n) is 2.55. The first-order chi connectivity index (χ1) is 6.49. The third kappa shape index (κ3) is 1.74. The minimum absolute atomic E-state index is 0.171. The van der Waals surface area contributed by atoms with Crippen LogP contribution in [0.4, 0.5) is 0 Å². The van der Waals surface area contributed by atoms with Crippen LogP contribution in [0.15, 0.2) is 6.07 Å². The van der Waals surface area contributed by atoms with Crippen LogP contribution in [0.25, 0.3) is 0 Å². The summed E-state index contributed by atoms with van der Waals surface area (Å²) < 4.78 is 0. The van der Waals surface area contributed by atoms with E-state index in [0.717, 1.165) is 22.3 Å². The molecule has 3 nitrogen and oxygen atoms in total. The van der Waals surface area contributed by atoms with Gasteiger partial charge in [0.05, 0.1) is 6.10 Å². The Labute approximate surface area is 84.2 Å². The molecule has 3 heteroatoms. The predicted octanol–water partition coefficient (Wildman–Crippen LogP) is 1.31. The molecular formula is C11H17NO2. The Morgan fingerprint density at radius 2 is 1.86 bits per heavy atom. The molecule has 0 spiro atoms. The van der Waals surface area contributed by atoms with Gasteiger partial charge in [0.15, 0.2) is 0 Å². The number of aromatic hydroxyl groups is 1. The normalized spacial score (nSPS) is 12.9. The van der Waals surface area contributed by atoms with Crippen molar-refractivity contribution in [2.24, 2.45) is 5.73 Å². The summed E-state index contributed by atoms with van der Waals surface area (Å²) in [5, 5.41) is 19.4. The van der Waals surface area contributed by atoms with Crippen molar-refractivity contribution in [2.45, 2.75) is 26.9 Å². The van der Waals surface area contributed by atoms with E-state index in [2.05, 4.69) is 0 Å². The third-order valence-corrected chi connectivity index (χ3v) is 2.55. The standard InChI is InChI=1S/C11H17NO2/c1-6-4-7(2)11(14)8(3)10(6)9(13)5-12/h4,9,13-14H,5,12H2,1-3H3. The first kappa shape index (κ1) is 11.0. The van der Waals surface area contributed by atoms with Crippen LogP contribution < -0.4 is 5.73 Å². The molecule has 1 rings (SSSR count). The van der Waals surface area contributed by atoms with E-state index < -0.39 is 6.10 Å². The zero-order valence-corrected chi connectivity index (χ0v) is 8.83. The lowest BCUT2D eigenvalue weighted by atomic mass is 9.94. The summed E-state index contributed by atoms with van der Waals surface area (Å²) in [5.41, 5.74) is 8.66. The SMILES string of the molecule is Cc1cc(C)c(C(O)CN)c(C)c1O. The number of hydrogen-bond acceptors (Lipinski definition) is 3. The highest BCUT2D eigenvalue weighted by Gasteiger charge is 2.15. The molecule has 1 unspecified atom stereocenters.